The summed E-state index contributed by atoms with van der Waals surface area (Å²) in [5, 5.41) is 0.654. The van der Waals surface area contributed by atoms with Crippen LogP contribution in [0.15, 0.2) is 27.6 Å². The van der Waals surface area contributed by atoms with Crippen LogP contribution in [0.4, 0.5) is 0 Å². The minimum atomic E-state index is -0.0294. The van der Waals surface area contributed by atoms with E-state index in [0.717, 1.165) is 15.7 Å². The lowest BCUT2D eigenvalue weighted by Gasteiger charge is -2.09. The maximum Gasteiger partial charge on any atom is 0.257 e. The second kappa shape index (κ2) is 4.26. The van der Waals surface area contributed by atoms with Gasteiger partial charge >= 0.3 is 0 Å². The first kappa shape index (κ1) is 11.0. The Balaban J connectivity index is 2.17. The second-order valence-electron chi connectivity index (χ2n) is 4.62. The molecule has 1 aliphatic rings. The first-order valence-corrected chi connectivity index (χ1v) is 6.72. The summed E-state index contributed by atoms with van der Waals surface area (Å²) < 4.78 is 0.837. The number of hydrogen-bond acceptors (Lipinski definition) is 2. The highest BCUT2D eigenvalue weighted by molar-refractivity contribution is 9.10. The van der Waals surface area contributed by atoms with Crippen LogP contribution in [-0.4, -0.2) is 9.97 Å². The van der Waals surface area contributed by atoms with Gasteiger partial charge in [-0.1, -0.05) is 12.8 Å². The van der Waals surface area contributed by atoms with Crippen molar-refractivity contribution in [2.24, 2.45) is 0 Å². The molecule has 2 aromatic heterocycles. The van der Waals surface area contributed by atoms with Crippen LogP contribution < -0.4 is 5.56 Å². The largest absolute Gasteiger partial charge is 0.325 e. The summed E-state index contributed by atoms with van der Waals surface area (Å²) in [4.78, 5) is 19.3. The van der Waals surface area contributed by atoms with E-state index in [1.165, 1.54) is 25.7 Å². The maximum atomic E-state index is 12.0. The molecular weight excluding hydrogens is 280 g/mol. The third-order valence-electron chi connectivity index (χ3n) is 3.47. The first-order chi connectivity index (χ1) is 8.24. The molecule has 17 heavy (non-hydrogen) atoms. The van der Waals surface area contributed by atoms with Crippen molar-refractivity contribution in [2.75, 3.05) is 0 Å². The molecule has 88 valence electrons. The summed E-state index contributed by atoms with van der Waals surface area (Å²) in [6.45, 7) is 0. The van der Waals surface area contributed by atoms with Gasteiger partial charge in [0.2, 0.25) is 0 Å². The van der Waals surface area contributed by atoms with Crippen LogP contribution in [0.1, 0.15) is 37.3 Å². The van der Waals surface area contributed by atoms with Crippen LogP contribution in [0.25, 0.3) is 10.9 Å². The number of rotatable bonds is 1. The SMILES string of the molecule is O=c1[nH]c(C2CCCC2)cc2ncc(Br)cc12. The minimum Gasteiger partial charge on any atom is -0.325 e. The van der Waals surface area contributed by atoms with E-state index in [2.05, 4.69) is 25.9 Å². The number of nitrogens with zero attached hydrogens (tertiary/aromatic N) is 1. The van der Waals surface area contributed by atoms with Crippen LogP contribution >= 0.6 is 15.9 Å². The zero-order chi connectivity index (χ0) is 11.8. The molecule has 0 amide bonds. The number of hydrogen-bond donors (Lipinski definition) is 1. The minimum absolute atomic E-state index is 0.0294. The van der Waals surface area contributed by atoms with Crippen LogP contribution in [-0.2, 0) is 0 Å². The second-order valence-corrected chi connectivity index (χ2v) is 5.54. The van der Waals surface area contributed by atoms with E-state index in [-0.39, 0.29) is 5.56 Å². The monoisotopic (exact) mass is 292 g/mol. The lowest BCUT2D eigenvalue weighted by molar-refractivity contribution is 0.696. The Morgan fingerprint density at radius 3 is 2.82 bits per heavy atom. The van der Waals surface area contributed by atoms with Gasteiger partial charge in [0.1, 0.15) is 0 Å². The lowest BCUT2D eigenvalue weighted by atomic mass is 10.0. The van der Waals surface area contributed by atoms with Crippen LogP contribution in [0.3, 0.4) is 0 Å². The molecule has 1 fully saturated rings. The molecular formula is C13H13BrN2O. The van der Waals surface area contributed by atoms with Gasteiger partial charge < -0.3 is 4.98 Å². The number of fused-ring (bicyclic) bond motifs is 1. The van der Waals surface area contributed by atoms with Gasteiger partial charge in [0.15, 0.2) is 0 Å². The first-order valence-electron chi connectivity index (χ1n) is 5.92. The smallest absolute Gasteiger partial charge is 0.257 e. The third kappa shape index (κ3) is 2.02. The summed E-state index contributed by atoms with van der Waals surface area (Å²) >= 11 is 3.34. The van der Waals surface area contributed by atoms with Crippen molar-refractivity contribution in [3.8, 4) is 0 Å². The molecule has 4 heteroatoms. The average molecular weight is 293 g/mol. The van der Waals surface area contributed by atoms with Crippen LogP contribution in [0, 0.1) is 0 Å². The number of nitrogens with one attached hydrogen (secondary N) is 1. The van der Waals surface area contributed by atoms with Gasteiger partial charge in [-0.15, -0.1) is 0 Å². The van der Waals surface area contributed by atoms with Crippen molar-refractivity contribution >= 4 is 26.8 Å². The molecule has 3 rings (SSSR count). The van der Waals surface area contributed by atoms with Gasteiger partial charge in [-0.05, 0) is 46.8 Å². The molecule has 0 radical (unpaired) electrons. The highest BCUT2D eigenvalue weighted by atomic mass is 79.9. The van der Waals surface area contributed by atoms with Gasteiger partial charge in [0, 0.05) is 16.4 Å². The Hall–Kier alpha value is -1.16. The molecule has 1 saturated carbocycles. The Bertz CT molecular complexity index is 614. The van der Waals surface area contributed by atoms with E-state index in [0.29, 0.717) is 11.3 Å². The van der Waals surface area contributed by atoms with Crippen molar-refractivity contribution in [1.29, 1.82) is 0 Å². The number of H-pyrrole nitrogens is 1. The van der Waals surface area contributed by atoms with E-state index < -0.39 is 0 Å². The van der Waals surface area contributed by atoms with Crippen molar-refractivity contribution in [3.63, 3.8) is 0 Å². The summed E-state index contributed by atoms with van der Waals surface area (Å²) in [6, 6.07) is 3.85. The molecule has 2 heterocycles. The van der Waals surface area contributed by atoms with E-state index >= 15 is 0 Å². The molecule has 0 aromatic carbocycles. The Kier molecular flexibility index (Phi) is 2.74. The highest BCUT2D eigenvalue weighted by Crippen LogP contribution is 2.33. The fraction of sp³-hybridized carbons (Fsp3) is 0.385. The maximum absolute atomic E-state index is 12.0. The summed E-state index contributed by atoms with van der Waals surface area (Å²) in [5.41, 5.74) is 1.81. The number of aromatic nitrogens is 2. The fourth-order valence-electron chi connectivity index (χ4n) is 2.59. The van der Waals surface area contributed by atoms with Gasteiger partial charge in [-0.25, -0.2) is 0 Å². The van der Waals surface area contributed by atoms with Crippen molar-refractivity contribution in [2.45, 2.75) is 31.6 Å². The summed E-state index contributed by atoms with van der Waals surface area (Å²) in [6.07, 6.45) is 6.62. The van der Waals surface area contributed by atoms with Gasteiger partial charge in [0.25, 0.3) is 5.56 Å². The Morgan fingerprint density at radius 2 is 2.06 bits per heavy atom. The molecule has 0 bridgehead atoms. The highest BCUT2D eigenvalue weighted by Gasteiger charge is 2.18. The normalized spacial score (nSPS) is 16.8. The predicted octanol–water partition coefficient (Wildman–Crippen LogP) is 3.34. The summed E-state index contributed by atoms with van der Waals surface area (Å²) in [5.74, 6) is 0.512. The Labute approximate surface area is 107 Å². The van der Waals surface area contributed by atoms with Gasteiger partial charge in [-0.3, -0.25) is 9.78 Å². The third-order valence-corrected chi connectivity index (χ3v) is 3.91. The number of aromatic amines is 1. The molecule has 0 aliphatic heterocycles. The molecule has 2 aromatic rings. The standard InChI is InChI=1S/C13H13BrN2O/c14-9-5-10-12(15-7-9)6-11(16-13(10)17)8-3-1-2-4-8/h5-8H,1-4H2,(H,16,17). The van der Waals surface area contributed by atoms with E-state index in [1.807, 2.05) is 12.1 Å². The van der Waals surface area contributed by atoms with Crippen molar-refractivity contribution in [3.05, 3.63) is 38.9 Å². The molecule has 1 aliphatic carbocycles. The van der Waals surface area contributed by atoms with Gasteiger partial charge in [-0.2, -0.15) is 0 Å². The molecule has 3 nitrogen and oxygen atoms in total. The molecule has 1 N–H and O–H groups in total. The molecule has 0 spiro atoms. The predicted molar refractivity (Wildman–Crippen MR) is 71.3 cm³/mol. The van der Waals surface area contributed by atoms with E-state index in [1.54, 1.807) is 6.20 Å². The topological polar surface area (TPSA) is 45.8 Å². The fourth-order valence-corrected chi connectivity index (χ4v) is 2.92. The van der Waals surface area contributed by atoms with Gasteiger partial charge in [0.05, 0.1) is 10.9 Å². The quantitative estimate of drug-likeness (QED) is 0.876. The van der Waals surface area contributed by atoms with Crippen LogP contribution in [0.5, 0.6) is 0 Å². The molecule has 0 unspecified atom stereocenters. The number of pyridine rings is 2. The van der Waals surface area contributed by atoms with Crippen molar-refractivity contribution in [1.82, 2.24) is 9.97 Å². The van der Waals surface area contributed by atoms with E-state index in [4.69, 9.17) is 0 Å². The van der Waals surface area contributed by atoms with Crippen LogP contribution in [0.2, 0.25) is 0 Å². The zero-order valence-electron chi connectivity index (χ0n) is 9.37. The lowest BCUT2D eigenvalue weighted by Crippen LogP contribution is -2.11. The molecule has 0 atom stereocenters. The van der Waals surface area contributed by atoms with Crippen molar-refractivity contribution < 1.29 is 0 Å². The number of halogens is 1. The van der Waals surface area contributed by atoms with E-state index in [9.17, 15) is 4.79 Å². The zero-order valence-corrected chi connectivity index (χ0v) is 11.0. The average Bonchev–Trinajstić information content (AvgIpc) is 2.83. The summed E-state index contributed by atoms with van der Waals surface area (Å²) in [7, 11) is 0. The molecule has 0 saturated heterocycles. The Morgan fingerprint density at radius 1 is 1.29 bits per heavy atom.